The van der Waals surface area contributed by atoms with Crippen molar-refractivity contribution in [3.05, 3.63) is 54.0 Å². The number of amides is 1. The van der Waals surface area contributed by atoms with E-state index >= 15 is 0 Å². The minimum absolute atomic E-state index is 0.0174. The highest BCUT2D eigenvalue weighted by atomic mass is 16.5. The second kappa shape index (κ2) is 6.53. The van der Waals surface area contributed by atoms with Gasteiger partial charge >= 0.3 is 0 Å². The van der Waals surface area contributed by atoms with E-state index in [0.717, 1.165) is 28.8 Å². The normalized spacial score (nSPS) is 19.9. The van der Waals surface area contributed by atoms with Gasteiger partial charge in [-0.15, -0.1) is 0 Å². The quantitative estimate of drug-likeness (QED) is 0.715. The van der Waals surface area contributed by atoms with E-state index in [9.17, 15) is 4.79 Å². The molecule has 2 aromatic heterocycles. The van der Waals surface area contributed by atoms with Crippen LogP contribution >= 0.6 is 0 Å². The third-order valence-corrected chi connectivity index (χ3v) is 5.64. The van der Waals surface area contributed by atoms with Crippen LogP contribution in [-0.4, -0.2) is 44.4 Å². The van der Waals surface area contributed by atoms with Gasteiger partial charge in [0.25, 0.3) is 5.91 Å². The molecule has 1 fully saturated rings. The van der Waals surface area contributed by atoms with Crippen LogP contribution < -0.4 is 0 Å². The number of aromatic nitrogens is 3. The largest absolute Gasteiger partial charge is 0.374 e. The summed E-state index contributed by atoms with van der Waals surface area (Å²) in [6, 6.07) is 9.97. The summed E-state index contributed by atoms with van der Waals surface area (Å²) in [5, 5.41) is 5.50. The maximum Gasteiger partial charge on any atom is 0.254 e. The molecule has 1 atom stereocenters. The Balaban J connectivity index is 1.41. The van der Waals surface area contributed by atoms with E-state index in [-0.39, 0.29) is 12.0 Å². The molecule has 1 amide bonds. The summed E-state index contributed by atoms with van der Waals surface area (Å²) in [5.41, 5.74) is 2.91. The van der Waals surface area contributed by atoms with Gasteiger partial charge in [0.1, 0.15) is 0 Å². The molecule has 0 bridgehead atoms. The van der Waals surface area contributed by atoms with E-state index in [1.54, 1.807) is 6.20 Å². The van der Waals surface area contributed by atoms with Crippen molar-refractivity contribution >= 4 is 16.8 Å². The fraction of sp³-hybridized carbons (Fsp3) is 0.429. The Labute approximate surface area is 158 Å². The average Bonchev–Trinajstić information content (AvgIpc) is 3.35. The average molecular weight is 364 g/mol. The van der Waals surface area contributed by atoms with Gasteiger partial charge in [-0.3, -0.25) is 9.48 Å². The number of benzene rings is 1. The van der Waals surface area contributed by atoms with Crippen LogP contribution in [0.3, 0.4) is 0 Å². The molecule has 5 rings (SSSR count). The van der Waals surface area contributed by atoms with Crippen LogP contribution in [0.15, 0.2) is 42.7 Å². The molecule has 0 N–H and O–H groups in total. The summed E-state index contributed by atoms with van der Waals surface area (Å²) in [4.78, 5) is 15.2. The second-order valence-corrected chi connectivity index (χ2v) is 7.79. The topological polar surface area (TPSA) is 52.3 Å². The summed E-state index contributed by atoms with van der Waals surface area (Å²) < 4.78 is 10.2. The van der Waals surface area contributed by atoms with Crippen molar-refractivity contribution in [2.45, 2.75) is 32.0 Å². The number of rotatable bonds is 4. The first-order chi connectivity index (χ1) is 13.2. The van der Waals surface area contributed by atoms with Gasteiger partial charge in [-0.25, -0.2) is 0 Å². The van der Waals surface area contributed by atoms with Crippen LogP contribution in [0.2, 0.25) is 0 Å². The van der Waals surface area contributed by atoms with Crippen LogP contribution in [-0.2, 0) is 24.9 Å². The van der Waals surface area contributed by atoms with Crippen molar-refractivity contribution < 1.29 is 9.53 Å². The lowest BCUT2D eigenvalue weighted by Crippen LogP contribution is -2.37. The SMILES string of the molecule is Cn1ccc2cc(C(=O)N3Cc4ccnn4C[C@H](OCC4CC4)C3)ccc21. The molecule has 0 spiro atoms. The molecule has 6 nitrogen and oxygen atoms in total. The van der Waals surface area contributed by atoms with Crippen LogP contribution in [0.1, 0.15) is 28.9 Å². The summed E-state index contributed by atoms with van der Waals surface area (Å²) >= 11 is 0. The number of fused-ring (bicyclic) bond motifs is 2. The molecule has 2 aliphatic rings. The highest BCUT2D eigenvalue weighted by molar-refractivity contribution is 5.98. The van der Waals surface area contributed by atoms with E-state index in [2.05, 4.69) is 9.67 Å². The van der Waals surface area contributed by atoms with Gasteiger partial charge in [0.2, 0.25) is 0 Å². The van der Waals surface area contributed by atoms with Gasteiger partial charge in [0.05, 0.1) is 24.9 Å². The summed E-state index contributed by atoms with van der Waals surface area (Å²) in [6.07, 6.45) is 6.33. The minimum Gasteiger partial charge on any atom is -0.374 e. The van der Waals surface area contributed by atoms with Crippen molar-refractivity contribution in [1.29, 1.82) is 0 Å². The number of carbonyl (C=O) groups excluding carboxylic acids is 1. The predicted octanol–water partition coefficient (Wildman–Crippen LogP) is 2.83. The molecule has 1 aromatic carbocycles. The molecule has 0 saturated heterocycles. The predicted molar refractivity (Wildman–Crippen MR) is 102 cm³/mol. The Hall–Kier alpha value is -2.60. The molecule has 1 saturated carbocycles. The third kappa shape index (κ3) is 3.25. The fourth-order valence-corrected chi connectivity index (χ4v) is 3.83. The standard InChI is InChI=1S/C21H24N4O2/c1-23-9-7-16-10-17(4-5-20(16)23)21(26)24-11-18-6-8-22-25(18)13-19(12-24)27-14-15-2-3-15/h4-10,15,19H,2-3,11-14H2,1H3/t19-/m1/s1. The molecule has 3 aromatic rings. The maximum atomic E-state index is 13.3. The molecule has 3 heterocycles. The first-order valence-corrected chi connectivity index (χ1v) is 9.64. The first-order valence-electron chi connectivity index (χ1n) is 9.64. The fourth-order valence-electron chi connectivity index (χ4n) is 3.83. The van der Waals surface area contributed by atoms with E-state index in [0.29, 0.717) is 25.6 Å². The van der Waals surface area contributed by atoms with Gasteiger partial charge in [0, 0.05) is 49.1 Å². The van der Waals surface area contributed by atoms with Gasteiger partial charge in [-0.05, 0) is 49.1 Å². The molecule has 27 heavy (non-hydrogen) atoms. The monoisotopic (exact) mass is 364 g/mol. The van der Waals surface area contributed by atoms with Crippen molar-refractivity contribution in [3.63, 3.8) is 0 Å². The number of hydrogen-bond donors (Lipinski definition) is 0. The zero-order valence-corrected chi connectivity index (χ0v) is 15.5. The Morgan fingerprint density at radius 3 is 2.96 bits per heavy atom. The number of carbonyl (C=O) groups is 1. The zero-order valence-electron chi connectivity index (χ0n) is 15.5. The van der Waals surface area contributed by atoms with Crippen LogP contribution in [0, 0.1) is 5.92 Å². The number of nitrogens with zero attached hydrogens (tertiary/aromatic N) is 4. The number of ether oxygens (including phenoxy) is 1. The van der Waals surface area contributed by atoms with E-state index in [4.69, 9.17) is 4.74 Å². The van der Waals surface area contributed by atoms with Crippen molar-refractivity contribution in [2.24, 2.45) is 13.0 Å². The molecule has 1 aliphatic heterocycles. The number of aryl methyl sites for hydroxylation is 1. The smallest absolute Gasteiger partial charge is 0.254 e. The van der Waals surface area contributed by atoms with Gasteiger partial charge in [-0.1, -0.05) is 0 Å². The van der Waals surface area contributed by atoms with Gasteiger partial charge in [0.15, 0.2) is 0 Å². The molecular weight excluding hydrogens is 340 g/mol. The van der Waals surface area contributed by atoms with Crippen LogP contribution in [0.5, 0.6) is 0 Å². The Morgan fingerprint density at radius 1 is 1.22 bits per heavy atom. The van der Waals surface area contributed by atoms with Gasteiger partial charge < -0.3 is 14.2 Å². The second-order valence-electron chi connectivity index (χ2n) is 7.79. The minimum atomic E-state index is -0.0174. The molecule has 1 aliphatic carbocycles. The lowest BCUT2D eigenvalue weighted by molar-refractivity contribution is 0.0136. The van der Waals surface area contributed by atoms with Crippen LogP contribution in [0.25, 0.3) is 10.9 Å². The maximum absolute atomic E-state index is 13.3. The van der Waals surface area contributed by atoms with E-state index in [1.807, 2.05) is 53.2 Å². The Kier molecular flexibility index (Phi) is 4.01. The highest BCUT2D eigenvalue weighted by Gasteiger charge is 2.29. The number of hydrogen-bond acceptors (Lipinski definition) is 3. The van der Waals surface area contributed by atoms with Gasteiger partial charge in [-0.2, -0.15) is 5.10 Å². The van der Waals surface area contributed by atoms with Crippen molar-refractivity contribution in [3.8, 4) is 0 Å². The first kappa shape index (κ1) is 16.6. The molecule has 140 valence electrons. The Morgan fingerprint density at radius 2 is 2.11 bits per heavy atom. The Bertz CT molecular complexity index is 985. The zero-order chi connectivity index (χ0) is 18.4. The van der Waals surface area contributed by atoms with E-state index < -0.39 is 0 Å². The van der Waals surface area contributed by atoms with Crippen molar-refractivity contribution in [2.75, 3.05) is 13.2 Å². The molecule has 0 radical (unpaired) electrons. The van der Waals surface area contributed by atoms with Crippen molar-refractivity contribution in [1.82, 2.24) is 19.2 Å². The summed E-state index contributed by atoms with van der Waals surface area (Å²) in [6.45, 7) is 2.66. The molecule has 6 heteroatoms. The lowest BCUT2D eigenvalue weighted by Gasteiger charge is -2.24. The summed E-state index contributed by atoms with van der Waals surface area (Å²) in [5.74, 6) is 0.755. The van der Waals surface area contributed by atoms with Crippen LogP contribution in [0.4, 0.5) is 0 Å². The molecular formula is C21H24N4O2. The third-order valence-electron chi connectivity index (χ3n) is 5.64. The lowest BCUT2D eigenvalue weighted by atomic mass is 10.1. The summed E-state index contributed by atoms with van der Waals surface area (Å²) in [7, 11) is 2.02. The highest BCUT2D eigenvalue weighted by Crippen LogP contribution is 2.30. The van der Waals surface area contributed by atoms with E-state index in [1.165, 1.54) is 12.8 Å². The molecule has 0 unspecified atom stereocenters.